The first-order valence-electron chi connectivity index (χ1n) is 5.56. The Morgan fingerprint density at radius 1 is 1.53 bits per heavy atom. The Balaban J connectivity index is 2.25. The molecule has 1 saturated heterocycles. The van der Waals surface area contributed by atoms with E-state index < -0.39 is 0 Å². The van der Waals surface area contributed by atoms with Crippen LogP contribution in [0.5, 0.6) is 0 Å². The summed E-state index contributed by atoms with van der Waals surface area (Å²) in [6.45, 7) is 7.60. The lowest BCUT2D eigenvalue weighted by Crippen LogP contribution is -2.46. The van der Waals surface area contributed by atoms with Crippen molar-refractivity contribution in [3.05, 3.63) is 0 Å². The first-order valence-corrected chi connectivity index (χ1v) is 5.56. The zero-order chi connectivity index (χ0) is 11.3. The van der Waals surface area contributed by atoms with Crippen LogP contribution in [0.4, 0.5) is 0 Å². The Morgan fingerprint density at radius 2 is 2.27 bits per heavy atom. The van der Waals surface area contributed by atoms with Crippen LogP contribution < -0.4 is 5.32 Å². The molecule has 1 aliphatic rings. The molecular formula is C11H21NO3. The third kappa shape index (κ3) is 4.62. The van der Waals surface area contributed by atoms with Crippen molar-refractivity contribution >= 4 is 5.97 Å². The second kappa shape index (κ2) is 5.47. The zero-order valence-corrected chi connectivity index (χ0v) is 9.84. The molecule has 4 nitrogen and oxygen atoms in total. The van der Waals surface area contributed by atoms with Crippen molar-refractivity contribution in [3.63, 3.8) is 0 Å². The monoisotopic (exact) mass is 215 g/mol. The number of piperidine rings is 1. The topological polar surface area (TPSA) is 47.6 Å². The summed E-state index contributed by atoms with van der Waals surface area (Å²) in [7, 11) is 0. The van der Waals surface area contributed by atoms with Gasteiger partial charge < -0.3 is 14.8 Å². The van der Waals surface area contributed by atoms with Crippen molar-refractivity contribution in [3.8, 4) is 0 Å². The summed E-state index contributed by atoms with van der Waals surface area (Å²) >= 11 is 0. The van der Waals surface area contributed by atoms with E-state index in [-0.39, 0.29) is 24.3 Å². The number of carbonyl (C=O) groups is 1. The van der Waals surface area contributed by atoms with Crippen LogP contribution in [0.1, 0.15) is 33.6 Å². The fourth-order valence-electron chi connectivity index (χ4n) is 1.68. The molecule has 0 radical (unpaired) electrons. The second-order valence-corrected chi connectivity index (χ2v) is 4.56. The normalized spacial score (nSPS) is 26.7. The summed E-state index contributed by atoms with van der Waals surface area (Å²) in [5, 5.41) is 3.26. The average molecular weight is 215 g/mol. The average Bonchev–Trinajstić information content (AvgIpc) is 2.15. The highest BCUT2D eigenvalue weighted by atomic mass is 16.6. The third-order valence-electron chi connectivity index (χ3n) is 2.46. The lowest BCUT2D eigenvalue weighted by Gasteiger charge is -2.33. The first-order chi connectivity index (χ1) is 7.02. The molecule has 1 atom stereocenters. The molecule has 88 valence electrons. The molecule has 0 aromatic carbocycles. The van der Waals surface area contributed by atoms with Crippen molar-refractivity contribution in [1.82, 2.24) is 5.32 Å². The molecule has 0 aromatic heterocycles. The highest BCUT2D eigenvalue weighted by molar-refractivity contribution is 5.70. The van der Waals surface area contributed by atoms with Crippen molar-refractivity contribution in [2.24, 2.45) is 0 Å². The largest absolute Gasteiger partial charge is 0.461 e. The van der Waals surface area contributed by atoms with Crippen LogP contribution in [0.25, 0.3) is 0 Å². The highest BCUT2D eigenvalue weighted by Crippen LogP contribution is 2.19. The molecule has 0 spiro atoms. The fourth-order valence-corrected chi connectivity index (χ4v) is 1.68. The molecule has 1 N–H and O–H groups in total. The van der Waals surface area contributed by atoms with Gasteiger partial charge in [0.05, 0.1) is 11.7 Å². The molecule has 4 heteroatoms. The molecule has 15 heavy (non-hydrogen) atoms. The van der Waals surface area contributed by atoms with Crippen molar-refractivity contribution < 1.29 is 14.3 Å². The zero-order valence-electron chi connectivity index (χ0n) is 9.84. The number of nitrogens with one attached hydrogen (secondary N) is 1. The SMILES string of the molecule is CC(C)OC(=O)COC1(C)CCCNC1. The predicted molar refractivity (Wildman–Crippen MR) is 57.7 cm³/mol. The standard InChI is InChI=1S/C11H21NO3/c1-9(2)15-10(13)7-14-11(3)5-4-6-12-8-11/h9,12H,4-8H2,1-3H3. The van der Waals surface area contributed by atoms with E-state index >= 15 is 0 Å². The Kier molecular flexibility index (Phi) is 4.54. The maximum absolute atomic E-state index is 11.3. The van der Waals surface area contributed by atoms with Crippen LogP contribution in [0.2, 0.25) is 0 Å². The van der Waals surface area contributed by atoms with Gasteiger partial charge in [-0.25, -0.2) is 4.79 Å². The minimum atomic E-state index is -0.281. The van der Waals surface area contributed by atoms with Crippen LogP contribution in [0.3, 0.4) is 0 Å². The van der Waals surface area contributed by atoms with Crippen molar-refractivity contribution in [1.29, 1.82) is 0 Å². The number of carbonyl (C=O) groups excluding carboxylic acids is 1. The van der Waals surface area contributed by atoms with Crippen LogP contribution in [0, 0.1) is 0 Å². The summed E-state index contributed by atoms with van der Waals surface area (Å²) in [6, 6.07) is 0. The summed E-state index contributed by atoms with van der Waals surface area (Å²) in [5.41, 5.74) is -0.214. The minimum Gasteiger partial charge on any atom is -0.461 e. The molecule has 0 bridgehead atoms. The maximum atomic E-state index is 11.3. The van der Waals surface area contributed by atoms with Crippen LogP contribution in [-0.2, 0) is 14.3 Å². The van der Waals surface area contributed by atoms with E-state index in [0.717, 1.165) is 25.9 Å². The maximum Gasteiger partial charge on any atom is 0.332 e. The van der Waals surface area contributed by atoms with E-state index in [4.69, 9.17) is 9.47 Å². The van der Waals surface area contributed by atoms with Gasteiger partial charge in [0.1, 0.15) is 6.61 Å². The molecule has 1 fully saturated rings. The Labute approximate surface area is 91.3 Å². The molecule has 0 saturated carbocycles. The van der Waals surface area contributed by atoms with Gasteiger partial charge in [-0.15, -0.1) is 0 Å². The smallest absolute Gasteiger partial charge is 0.332 e. The molecule has 1 unspecified atom stereocenters. The summed E-state index contributed by atoms with van der Waals surface area (Å²) in [4.78, 5) is 11.3. The van der Waals surface area contributed by atoms with E-state index in [1.807, 2.05) is 20.8 Å². The molecule has 0 amide bonds. The molecule has 1 heterocycles. The minimum absolute atomic E-state index is 0.0519. The van der Waals surface area contributed by atoms with Gasteiger partial charge in [0.2, 0.25) is 0 Å². The van der Waals surface area contributed by atoms with Crippen molar-refractivity contribution in [2.45, 2.75) is 45.3 Å². The Morgan fingerprint density at radius 3 is 2.80 bits per heavy atom. The molecular weight excluding hydrogens is 194 g/mol. The third-order valence-corrected chi connectivity index (χ3v) is 2.46. The molecule has 1 aliphatic heterocycles. The number of hydrogen-bond donors (Lipinski definition) is 1. The number of ether oxygens (including phenoxy) is 2. The number of rotatable bonds is 4. The van der Waals surface area contributed by atoms with E-state index in [1.165, 1.54) is 0 Å². The summed E-state index contributed by atoms with van der Waals surface area (Å²) in [6.07, 6.45) is 2.02. The van der Waals surface area contributed by atoms with E-state index in [1.54, 1.807) is 0 Å². The fraction of sp³-hybridized carbons (Fsp3) is 0.909. The van der Waals surface area contributed by atoms with Crippen LogP contribution in [-0.4, -0.2) is 37.4 Å². The van der Waals surface area contributed by atoms with Gasteiger partial charge in [0.25, 0.3) is 0 Å². The lowest BCUT2D eigenvalue weighted by molar-refractivity contribution is -0.160. The molecule has 0 aliphatic carbocycles. The molecule has 0 aromatic rings. The van der Waals surface area contributed by atoms with Gasteiger partial charge in [-0.1, -0.05) is 0 Å². The van der Waals surface area contributed by atoms with Gasteiger partial charge in [-0.3, -0.25) is 0 Å². The van der Waals surface area contributed by atoms with Gasteiger partial charge in [-0.2, -0.15) is 0 Å². The lowest BCUT2D eigenvalue weighted by atomic mass is 9.96. The highest BCUT2D eigenvalue weighted by Gasteiger charge is 2.28. The molecule has 1 rings (SSSR count). The van der Waals surface area contributed by atoms with Gasteiger partial charge in [0, 0.05) is 6.54 Å². The van der Waals surface area contributed by atoms with Crippen molar-refractivity contribution in [2.75, 3.05) is 19.7 Å². The predicted octanol–water partition coefficient (Wildman–Crippen LogP) is 1.10. The van der Waals surface area contributed by atoms with Gasteiger partial charge in [0.15, 0.2) is 0 Å². The second-order valence-electron chi connectivity index (χ2n) is 4.56. The van der Waals surface area contributed by atoms with Gasteiger partial charge in [-0.05, 0) is 40.2 Å². The van der Waals surface area contributed by atoms with E-state index in [0.29, 0.717) is 0 Å². The Bertz CT molecular complexity index is 210. The summed E-state index contributed by atoms with van der Waals surface area (Å²) in [5.74, 6) is -0.281. The first kappa shape index (κ1) is 12.5. The van der Waals surface area contributed by atoms with Crippen LogP contribution >= 0.6 is 0 Å². The van der Waals surface area contributed by atoms with E-state index in [9.17, 15) is 4.79 Å². The van der Waals surface area contributed by atoms with Gasteiger partial charge >= 0.3 is 5.97 Å². The number of hydrogen-bond acceptors (Lipinski definition) is 4. The quantitative estimate of drug-likeness (QED) is 0.713. The van der Waals surface area contributed by atoms with Crippen LogP contribution in [0.15, 0.2) is 0 Å². The van der Waals surface area contributed by atoms with E-state index in [2.05, 4.69) is 5.32 Å². The number of esters is 1. The summed E-state index contributed by atoms with van der Waals surface area (Å²) < 4.78 is 10.6. The Hall–Kier alpha value is -0.610.